The Balaban J connectivity index is 1.66. The van der Waals surface area contributed by atoms with E-state index in [4.69, 9.17) is 0 Å². The molecule has 4 aromatic rings. The van der Waals surface area contributed by atoms with E-state index in [1.54, 1.807) is 6.07 Å². The second kappa shape index (κ2) is 6.68. The Labute approximate surface area is 178 Å². The fourth-order valence-electron chi connectivity index (χ4n) is 5.39. The molecule has 2 nitrogen and oxygen atoms in total. The minimum atomic E-state index is -3.20. The average Bonchev–Trinajstić information content (AvgIpc) is 2.72. The lowest BCUT2D eigenvalue weighted by molar-refractivity contribution is 0.394. The van der Waals surface area contributed by atoms with E-state index in [1.165, 1.54) is 38.9 Å². The van der Waals surface area contributed by atoms with Crippen LogP contribution in [0.2, 0.25) is 0 Å². The Morgan fingerprint density at radius 2 is 1.60 bits per heavy atom. The number of sulfone groups is 1. The molecule has 0 amide bonds. The van der Waals surface area contributed by atoms with Crippen LogP contribution in [0.1, 0.15) is 42.9 Å². The van der Waals surface area contributed by atoms with Gasteiger partial charge < -0.3 is 0 Å². The number of hydrogen-bond acceptors (Lipinski definition) is 2. The third-order valence-corrected chi connectivity index (χ3v) is 7.78. The van der Waals surface area contributed by atoms with Crippen LogP contribution in [0.5, 0.6) is 0 Å². The van der Waals surface area contributed by atoms with Crippen molar-refractivity contribution in [3.63, 3.8) is 0 Å². The lowest BCUT2D eigenvalue weighted by Gasteiger charge is -2.39. The fourth-order valence-corrected chi connectivity index (χ4v) is 6.07. The highest BCUT2D eigenvalue weighted by Gasteiger charge is 2.35. The summed E-state index contributed by atoms with van der Waals surface area (Å²) in [6, 6.07) is 25.2. The molecule has 0 aliphatic heterocycles. The first-order valence-corrected chi connectivity index (χ1v) is 12.4. The lowest BCUT2D eigenvalue weighted by atomic mass is 9.65. The second-order valence-electron chi connectivity index (χ2n) is 9.32. The largest absolute Gasteiger partial charge is 0.224 e. The molecule has 0 saturated carbocycles. The Kier molecular flexibility index (Phi) is 4.30. The van der Waals surface area contributed by atoms with Gasteiger partial charge in [-0.1, -0.05) is 74.5 Å². The van der Waals surface area contributed by atoms with Gasteiger partial charge in [0.1, 0.15) is 0 Å². The molecule has 0 fully saturated rings. The van der Waals surface area contributed by atoms with E-state index in [-0.39, 0.29) is 5.41 Å². The molecule has 0 bridgehead atoms. The van der Waals surface area contributed by atoms with Crippen LogP contribution in [-0.4, -0.2) is 14.7 Å². The number of fused-ring (bicyclic) bond motifs is 5. The van der Waals surface area contributed by atoms with Crippen molar-refractivity contribution >= 4 is 31.4 Å². The zero-order valence-corrected chi connectivity index (χ0v) is 18.5. The molecule has 0 saturated heterocycles. The van der Waals surface area contributed by atoms with Crippen molar-refractivity contribution in [2.45, 2.75) is 42.9 Å². The second-order valence-corrected chi connectivity index (χ2v) is 11.3. The van der Waals surface area contributed by atoms with E-state index in [0.717, 1.165) is 18.4 Å². The lowest BCUT2D eigenvalue weighted by Crippen LogP contribution is -2.29. The molecule has 1 atom stereocenters. The first kappa shape index (κ1) is 19.3. The third kappa shape index (κ3) is 3.13. The van der Waals surface area contributed by atoms with Gasteiger partial charge in [-0.25, -0.2) is 8.42 Å². The van der Waals surface area contributed by atoms with Gasteiger partial charge in [0.2, 0.25) is 0 Å². The van der Waals surface area contributed by atoms with Gasteiger partial charge in [-0.3, -0.25) is 0 Å². The minimum absolute atomic E-state index is 0.00130. The van der Waals surface area contributed by atoms with Crippen molar-refractivity contribution in [2.24, 2.45) is 0 Å². The number of benzene rings is 4. The number of rotatable bonds is 2. The predicted molar refractivity (Wildman–Crippen MR) is 125 cm³/mol. The van der Waals surface area contributed by atoms with E-state index in [0.29, 0.717) is 10.8 Å². The van der Waals surface area contributed by atoms with E-state index in [9.17, 15) is 8.42 Å². The maximum absolute atomic E-state index is 12.0. The molecule has 30 heavy (non-hydrogen) atoms. The molecule has 152 valence electrons. The van der Waals surface area contributed by atoms with Crippen molar-refractivity contribution in [2.75, 3.05) is 6.26 Å². The zero-order chi connectivity index (χ0) is 21.1. The van der Waals surface area contributed by atoms with E-state index < -0.39 is 9.84 Å². The van der Waals surface area contributed by atoms with E-state index in [2.05, 4.69) is 68.4 Å². The van der Waals surface area contributed by atoms with Crippen LogP contribution in [-0.2, 0) is 21.7 Å². The highest BCUT2D eigenvalue weighted by molar-refractivity contribution is 7.90. The van der Waals surface area contributed by atoms with Crippen LogP contribution in [0.3, 0.4) is 0 Å². The summed E-state index contributed by atoms with van der Waals surface area (Å²) in [4.78, 5) is 0.411. The van der Waals surface area contributed by atoms with E-state index >= 15 is 0 Å². The molecule has 4 aromatic carbocycles. The van der Waals surface area contributed by atoms with Gasteiger partial charge in [0.15, 0.2) is 9.84 Å². The highest BCUT2D eigenvalue weighted by Crippen LogP contribution is 2.47. The number of hydrogen-bond donors (Lipinski definition) is 0. The maximum Gasteiger partial charge on any atom is 0.175 e. The highest BCUT2D eigenvalue weighted by atomic mass is 32.2. The van der Waals surface area contributed by atoms with Crippen LogP contribution in [0.4, 0.5) is 0 Å². The summed E-state index contributed by atoms with van der Waals surface area (Å²) in [5, 5.41) is 5.24. The Hall–Kier alpha value is -2.65. The molecular formula is C27H26O2S. The zero-order valence-electron chi connectivity index (χ0n) is 17.6. The van der Waals surface area contributed by atoms with Gasteiger partial charge in [0.05, 0.1) is 4.90 Å². The standard InChI is InChI=1S/C27H26O2S/c1-27(2)17-21(19-8-6-9-22(16-19)30(3,28)29)15-20-12-13-24-23-10-5-4-7-18(23)11-14-25(24)26(20)27/h4-14,16,21H,15,17H2,1-3H3. The third-order valence-electron chi connectivity index (χ3n) is 6.67. The first-order valence-electron chi connectivity index (χ1n) is 10.5. The smallest absolute Gasteiger partial charge is 0.175 e. The summed E-state index contributed by atoms with van der Waals surface area (Å²) in [7, 11) is -3.20. The minimum Gasteiger partial charge on any atom is -0.224 e. The molecule has 0 radical (unpaired) electrons. The summed E-state index contributed by atoms with van der Waals surface area (Å²) in [5.41, 5.74) is 3.95. The molecule has 1 unspecified atom stereocenters. The first-order chi connectivity index (χ1) is 14.2. The molecule has 0 N–H and O–H groups in total. The van der Waals surface area contributed by atoms with E-state index in [1.807, 2.05) is 12.1 Å². The average molecular weight is 415 g/mol. The summed E-state index contributed by atoms with van der Waals surface area (Å²) in [6.45, 7) is 4.65. The van der Waals surface area contributed by atoms with Crippen LogP contribution < -0.4 is 0 Å². The normalized spacial score (nSPS) is 18.4. The molecule has 0 spiro atoms. The SMILES string of the molecule is CC1(C)CC(c2cccc(S(C)(=O)=O)c2)Cc2ccc3c(ccc4ccccc43)c21. The summed E-state index contributed by atoms with van der Waals surface area (Å²) < 4.78 is 24.1. The molecule has 5 rings (SSSR count). The van der Waals surface area contributed by atoms with Gasteiger partial charge in [0, 0.05) is 6.26 Å². The summed E-state index contributed by atoms with van der Waals surface area (Å²) >= 11 is 0. The summed E-state index contributed by atoms with van der Waals surface area (Å²) in [5.74, 6) is 0.312. The van der Waals surface area contributed by atoms with Gasteiger partial charge in [-0.15, -0.1) is 0 Å². The molecule has 3 heteroatoms. The van der Waals surface area contributed by atoms with Crippen molar-refractivity contribution in [3.05, 3.63) is 89.5 Å². The van der Waals surface area contributed by atoms with Crippen molar-refractivity contribution in [3.8, 4) is 0 Å². The van der Waals surface area contributed by atoms with Gasteiger partial charge in [0.25, 0.3) is 0 Å². The van der Waals surface area contributed by atoms with Gasteiger partial charge in [-0.05, 0) is 74.5 Å². The monoisotopic (exact) mass is 414 g/mol. The molecular weight excluding hydrogens is 388 g/mol. The van der Waals surface area contributed by atoms with Crippen LogP contribution in [0.15, 0.2) is 77.7 Å². The van der Waals surface area contributed by atoms with Crippen LogP contribution in [0.25, 0.3) is 21.5 Å². The topological polar surface area (TPSA) is 34.1 Å². The van der Waals surface area contributed by atoms with Crippen LogP contribution in [0, 0.1) is 0 Å². The molecule has 1 aliphatic carbocycles. The molecule has 0 heterocycles. The van der Waals surface area contributed by atoms with Gasteiger partial charge >= 0.3 is 0 Å². The van der Waals surface area contributed by atoms with Crippen molar-refractivity contribution in [1.82, 2.24) is 0 Å². The van der Waals surface area contributed by atoms with Crippen LogP contribution >= 0.6 is 0 Å². The van der Waals surface area contributed by atoms with Gasteiger partial charge in [-0.2, -0.15) is 0 Å². The molecule has 0 aromatic heterocycles. The van der Waals surface area contributed by atoms with Crippen molar-refractivity contribution in [1.29, 1.82) is 0 Å². The maximum atomic E-state index is 12.0. The molecule has 1 aliphatic rings. The Morgan fingerprint density at radius 1 is 0.833 bits per heavy atom. The quantitative estimate of drug-likeness (QED) is 0.355. The summed E-state index contributed by atoms with van der Waals surface area (Å²) in [6.07, 6.45) is 3.22. The Bertz CT molecular complexity index is 1400. The Morgan fingerprint density at radius 3 is 2.40 bits per heavy atom. The predicted octanol–water partition coefficient (Wildman–Crippen LogP) is 6.40. The fraction of sp³-hybridized carbons (Fsp3) is 0.259. The van der Waals surface area contributed by atoms with Crippen molar-refractivity contribution < 1.29 is 8.42 Å².